The fourth-order valence-electron chi connectivity index (χ4n) is 1.80. The molecule has 5 heteroatoms. The average Bonchev–Trinajstić information content (AvgIpc) is 2.49. The van der Waals surface area contributed by atoms with Crippen LogP contribution in [0, 0.1) is 0 Å². The lowest BCUT2D eigenvalue weighted by Crippen LogP contribution is -2.13. The van der Waals surface area contributed by atoms with Crippen LogP contribution < -0.4 is 10.2 Å². The van der Waals surface area contributed by atoms with Crippen molar-refractivity contribution in [2.45, 2.75) is 4.90 Å². The molecule has 0 bridgehead atoms. The van der Waals surface area contributed by atoms with Crippen LogP contribution in [0.5, 0.6) is 0 Å². The van der Waals surface area contributed by atoms with Crippen molar-refractivity contribution in [3.8, 4) is 0 Å². The molecule has 1 N–H and O–H groups in total. The summed E-state index contributed by atoms with van der Waals surface area (Å²) in [6.07, 6.45) is 0. The highest BCUT2D eigenvalue weighted by molar-refractivity contribution is 7.94. The molecule has 0 aliphatic carbocycles. The molecule has 1 amide bonds. The molecule has 0 aliphatic heterocycles. The first-order valence-corrected chi connectivity index (χ1v) is 7.24. The number of nitrogens with one attached hydrogen (secondary N) is 1. The maximum Gasteiger partial charge on any atom is 0.255 e. The molecule has 21 heavy (non-hydrogen) atoms. The first-order chi connectivity index (χ1) is 10.1. The van der Waals surface area contributed by atoms with E-state index in [4.69, 9.17) is 4.18 Å². The summed E-state index contributed by atoms with van der Waals surface area (Å²) < 4.78 is 4.97. The third-order valence-corrected chi connectivity index (χ3v) is 3.57. The van der Waals surface area contributed by atoms with Crippen LogP contribution in [0.15, 0.2) is 53.4 Å². The van der Waals surface area contributed by atoms with Gasteiger partial charge < -0.3 is 14.4 Å². The largest absolute Gasteiger partial charge is 0.378 e. The molecular weight excluding hydrogens is 284 g/mol. The van der Waals surface area contributed by atoms with E-state index < -0.39 is 0 Å². The predicted octanol–water partition coefficient (Wildman–Crippen LogP) is 3.66. The van der Waals surface area contributed by atoms with E-state index >= 15 is 0 Å². The second-order valence-electron chi connectivity index (χ2n) is 4.67. The van der Waals surface area contributed by atoms with Crippen molar-refractivity contribution in [3.63, 3.8) is 0 Å². The zero-order chi connectivity index (χ0) is 15.2. The smallest absolute Gasteiger partial charge is 0.255 e. The van der Waals surface area contributed by atoms with E-state index in [0.29, 0.717) is 5.56 Å². The third kappa shape index (κ3) is 4.24. The number of benzene rings is 2. The fourth-order valence-corrected chi connectivity index (χ4v) is 2.24. The number of hydrogen-bond donors (Lipinski definition) is 1. The lowest BCUT2D eigenvalue weighted by molar-refractivity contribution is 0.102. The first-order valence-electron chi connectivity index (χ1n) is 6.49. The van der Waals surface area contributed by atoms with Gasteiger partial charge in [-0.25, -0.2) is 0 Å². The zero-order valence-electron chi connectivity index (χ0n) is 12.3. The lowest BCUT2D eigenvalue weighted by atomic mass is 10.2. The standard InChI is InChI=1S/C16H18N2O2S/c1-18(2)14-8-4-12(5-9-14)16(19)17-13-6-10-15(11-7-13)21-20-3/h4-11H,1-3H3,(H,17,19). The van der Waals surface area contributed by atoms with Crippen molar-refractivity contribution in [2.24, 2.45) is 0 Å². The summed E-state index contributed by atoms with van der Waals surface area (Å²) in [7, 11) is 5.56. The van der Waals surface area contributed by atoms with Gasteiger partial charge in [0.05, 0.1) is 7.11 Å². The van der Waals surface area contributed by atoms with Gasteiger partial charge in [-0.3, -0.25) is 4.79 Å². The summed E-state index contributed by atoms with van der Waals surface area (Å²) in [5.41, 5.74) is 2.46. The number of carbonyl (C=O) groups is 1. The molecule has 4 nitrogen and oxygen atoms in total. The summed E-state index contributed by atoms with van der Waals surface area (Å²) in [6, 6.07) is 15.0. The van der Waals surface area contributed by atoms with Crippen LogP contribution in [0.4, 0.5) is 11.4 Å². The minimum absolute atomic E-state index is 0.118. The molecule has 0 saturated carbocycles. The summed E-state index contributed by atoms with van der Waals surface area (Å²) >= 11 is 1.29. The van der Waals surface area contributed by atoms with Gasteiger partial charge in [-0.15, -0.1) is 0 Å². The molecule has 2 aromatic carbocycles. The molecule has 2 aromatic rings. The summed E-state index contributed by atoms with van der Waals surface area (Å²) in [5.74, 6) is -0.118. The molecule has 0 aromatic heterocycles. The molecule has 0 fully saturated rings. The van der Waals surface area contributed by atoms with E-state index in [9.17, 15) is 4.79 Å². The van der Waals surface area contributed by atoms with E-state index in [0.717, 1.165) is 16.3 Å². The molecule has 0 heterocycles. The molecule has 0 aliphatic rings. The highest BCUT2D eigenvalue weighted by Gasteiger charge is 2.06. The van der Waals surface area contributed by atoms with Crippen LogP contribution >= 0.6 is 12.0 Å². The number of nitrogens with zero attached hydrogens (tertiary/aromatic N) is 1. The van der Waals surface area contributed by atoms with Gasteiger partial charge in [0.15, 0.2) is 0 Å². The van der Waals surface area contributed by atoms with Crippen LogP contribution in [0.2, 0.25) is 0 Å². The summed E-state index contributed by atoms with van der Waals surface area (Å²) in [4.78, 5) is 15.1. The zero-order valence-corrected chi connectivity index (χ0v) is 13.1. The quantitative estimate of drug-likeness (QED) is 0.856. The van der Waals surface area contributed by atoms with Crippen LogP contribution in [-0.2, 0) is 4.18 Å². The predicted molar refractivity (Wildman–Crippen MR) is 88.0 cm³/mol. The van der Waals surface area contributed by atoms with Gasteiger partial charge in [0.25, 0.3) is 5.91 Å². The van der Waals surface area contributed by atoms with Crippen molar-refractivity contribution in [3.05, 3.63) is 54.1 Å². The SMILES string of the molecule is COSc1ccc(NC(=O)c2ccc(N(C)C)cc2)cc1. The molecular formula is C16H18N2O2S. The summed E-state index contributed by atoms with van der Waals surface area (Å²) in [6.45, 7) is 0. The third-order valence-electron chi connectivity index (χ3n) is 2.94. The maximum atomic E-state index is 12.2. The highest BCUT2D eigenvalue weighted by Crippen LogP contribution is 2.20. The molecule has 2 rings (SSSR count). The first kappa shape index (κ1) is 15.4. The van der Waals surface area contributed by atoms with Crippen molar-refractivity contribution in [1.82, 2.24) is 0 Å². The van der Waals surface area contributed by atoms with Gasteiger partial charge in [0, 0.05) is 48.0 Å². The van der Waals surface area contributed by atoms with Crippen molar-refractivity contribution >= 4 is 29.3 Å². The van der Waals surface area contributed by atoms with Crippen LogP contribution in [0.1, 0.15) is 10.4 Å². The molecule has 0 unspecified atom stereocenters. The number of anilines is 2. The number of rotatable bonds is 5. The highest BCUT2D eigenvalue weighted by atomic mass is 32.2. The van der Waals surface area contributed by atoms with Gasteiger partial charge in [-0.1, -0.05) is 0 Å². The van der Waals surface area contributed by atoms with Crippen molar-refractivity contribution in [1.29, 1.82) is 0 Å². The normalized spacial score (nSPS) is 10.2. The van der Waals surface area contributed by atoms with Gasteiger partial charge in [-0.05, 0) is 48.5 Å². The van der Waals surface area contributed by atoms with Gasteiger partial charge in [0.1, 0.15) is 0 Å². The van der Waals surface area contributed by atoms with Crippen LogP contribution in [-0.4, -0.2) is 27.1 Å². The molecule has 0 atom stereocenters. The minimum Gasteiger partial charge on any atom is -0.378 e. The Hall–Kier alpha value is -1.98. The van der Waals surface area contributed by atoms with Gasteiger partial charge in [-0.2, -0.15) is 0 Å². The molecule has 0 radical (unpaired) electrons. The molecule has 110 valence electrons. The Kier molecular flexibility index (Phi) is 5.25. The van der Waals surface area contributed by atoms with Crippen molar-refractivity contribution < 1.29 is 8.98 Å². The number of hydrogen-bond acceptors (Lipinski definition) is 4. The lowest BCUT2D eigenvalue weighted by Gasteiger charge is -2.12. The fraction of sp³-hybridized carbons (Fsp3) is 0.188. The van der Waals surface area contributed by atoms with Crippen LogP contribution in [0.3, 0.4) is 0 Å². The van der Waals surface area contributed by atoms with Gasteiger partial charge in [0.2, 0.25) is 0 Å². The van der Waals surface area contributed by atoms with E-state index in [1.165, 1.54) is 12.0 Å². The Morgan fingerprint density at radius 1 is 1.05 bits per heavy atom. The van der Waals surface area contributed by atoms with E-state index in [-0.39, 0.29) is 5.91 Å². The van der Waals surface area contributed by atoms with E-state index in [1.54, 1.807) is 7.11 Å². The Bertz CT molecular complexity index is 595. The molecule has 0 saturated heterocycles. The number of carbonyl (C=O) groups excluding carboxylic acids is 1. The minimum atomic E-state index is -0.118. The number of amides is 1. The Morgan fingerprint density at radius 2 is 1.67 bits per heavy atom. The molecule has 0 spiro atoms. The second kappa shape index (κ2) is 7.15. The summed E-state index contributed by atoms with van der Waals surface area (Å²) in [5, 5.41) is 2.87. The average molecular weight is 302 g/mol. The van der Waals surface area contributed by atoms with E-state index in [2.05, 4.69) is 5.32 Å². The van der Waals surface area contributed by atoms with Gasteiger partial charge >= 0.3 is 0 Å². The van der Waals surface area contributed by atoms with E-state index in [1.807, 2.05) is 67.5 Å². The van der Waals surface area contributed by atoms with Crippen molar-refractivity contribution in [2.75, 3.05) is 31.4 Å². The monoisotopic (exact) mass is 302 g/mol. The second-order valence-corrected chi connectivity index (χ2v) is 5.64. The Morgan fingerprint density at radius 3 is 2.19 bits per heavy atom. The van der Waals surface area contributed by atoms with Crippen LogP contribution in [0.25, 0.3) is 0 Å². The Labute approximate surface area is 129 Å². The maximum absolute atomic E-state index is 12.2. The Balaban J connectivity index is 2.03. The topological polar surface area (TPSA) is 41.6 Å².